The normalized spacial score (nSPS) is 19.3. The van der Waals surface area contributed by atoms with Crippen LogP contribution in [-0.4, -0.2) is 23.0 Å². The summed E-state index contributed by atoms with van der Waals surface area (Å²) in [6, 6.07) is 8.37. The second-order valence-electron chi connectivity index (χ2n) is 3.68. The van der Waals surface area contributed by atoms with Gasteiger partial charge >= 0.3 is 0 Å². The van der Waals surface area contributed by atoms with Crippen molar-refractivity contribution in [3.8, 4) is 0 Å². The Hall–Kier alpha value is -1.95. The van der Waals surface area contributed by atoms with Gasteiger partial charge in [-0.2, -0.15) is 0 Å². The molecular weight excluding hydrogens is 238 g/mol. The molecule has 2 rings (SSSR count). The molecule has 0 bridgehead atoms. The van der Waals surface area contributed by atoms with Gasteiger partial charge in [-0.15, -0.1) is 0 Å². The molecule has 0 spiro atoms. The Balaban J connectivity index is 2.23. The molecule has 1 aromatic rings. The van der Waals surface area contributed by atoms with E-state index in [4.69, 9.17) is 18.0 Å². The number of carbonyl (C=O) groups excluding carboxylic acids is 2. The summed E-state index contributed by atoms with van der Waals surface area (Å²) < 4.78 is 0. The summed E-state index contributed by atoms with van der Waals surface area (Å²) in [5.41, 5.74) is 5.75. The lowest BCUT2D eigenvalue weighted by atomic mass is 10.2. The van der Waals surface area contributed by atoms with Crippen molar-refractivity contribution >= 4 is 34.8 Å². The number of carbonyl (C=O) groups is 2. The highest BCUT2D eigenvalue weighted by atomic mass is 32.1. The molecule has 0 radical (unpaired) electrons. The molecule has 88 valence electrons. The summed E-state index contributed by atoms with van der Waals surface area (Å²) in [4.78, 5) is 24.2. The van der Waals surface area contributed by atoms with Gasteiger partial charge < -0.3 is 11.1 Å². The van der Waals surface area contributed by atoms with Gasteiger partial charge in [-0.1, -0.05) is 18.2 Å². The van der Waals surface area contributed by atoms with Crippen molar-refractivity contribution in [1.29, 1.82) is 0 Å². The van der Waals surface area contributed by atoms with E-state index in [1.807, 2.05) is 18.2 Å². The van der Waals surface area contributed by atoms with Crippen molar-refractivity contribution < 1.29 is 9.59 Å². The number of hydrogen-bond acceptors (Lipinski definition) is 3. The van der Waals surface area contributed by atoms with Crippen LogP contribution in [0.4, 0.5) is 5.69 Å². The first-order chi connectivity index (χ1) is 8.09. The van der Waals surface area contributed by atoms with Gasteiger partial charge in [-0.25, -0.2) is 0 Å². The number of primary amides is 1. The Morgan fingerprint density at radius 2 is 2.06 bits per heavy atom. The maximum Gasteiger partial charge on any atom is 0.256 e. The number of amides is 2. The topological polar surface area (TPSA) is 75.4 Å². The summed E-state index contributed by atoms with van der Waals surface area (Å²) in [5, 5.41) is 3.09. The molecule has 1 aromatic carbocycles. The second kappa shape index (κ2) is 4.50. The van der Waals surface area contributed by atoms with E-state index in [-0.39, 0.29) is 12.3 Å². The third-order valence-electron chi connectivity index (χ3n) is 2.44. The van der Waals surface area contributed by atoms with E-state index in [1.165, 1.54) is 4.90 Å². The van der Waals surface area contributed by atoms with Crippen LogP contribution in [0.15, 0.2) is 30.3 Å². The molecule has 2 amide bonds. The van der Waals surface area contributed by atoms with Gasteiger partial charge in [0.05, 0.1) is 12.1 Å². The van der Waals surface area contributed by atoms with Crippen LogP contribution >= 0.6 is 12.2 Å². The number of anilines is 1. The van der Waals surface area contributed by atoms with E-state index in [1.54, 1.807) is 12.1 Å². The van der Waals surface area contributed by atoms with Crippen molar-refractivity contribution in [1.82, 2.24) is 5.32 Å². The SMILES string of the molecule is NC(=O)C[C@H]1NC(=S)N(c2ccccc2)C1=O. The minimum atomic E-state index is -0.653. The summed E-state index contributed by atoms with van der Waals surface area (Å²) in [7, 11) is 0. The number of benzene rings is 1. The molecule has 0 saturated carbocycles. The Morgan fingerprint density at radius 3 is 2.65 bits per heavy atom. The van der Waals surface area contributed by atoms with Crippen LogP contribution in [0, 0.1) is 0 Å². The molecule has 17 heavy (non-hydrogen) atoms. The molecule has 5 nitrogen and oxygen atoms in total. The molecular formula is C11H11N3O2S. The van der Waals surface area contributed by atoms with E-state index in [9.17, 15) is 9.59 Å². The molecule has 1 aliphatic heterocycles. The number of nitrogens with two attached hydrogens (primary N) is 1. The quantitative estimate of drug-likeness (QED) is 0.748. The first-order valence-corrected chi connectivity index (χ1v) is 5.48. The second-order valence-corrected chi connectivity index (χ2v) is 4.07. The van der Waals surface area contributed by atoms with Gasteiger partial charge in [0.25, 0.3) is 5.91 Å². The molecule has 3 N–H and O–H groups in total. The molecule has 1 heterocycles. The van der Waals surface area contributed by atoms with E-state index < -0.39 is 11.9 Å². The predicted molar refractivity (Wildman–Crippen MR) is 67.3 cm³/mol. The van der Waals surface area contributed by atoms with Crippen molar-refractivity contribution in [3.63, 3.8) is 0 Å². The molecule has 6 heteroatoms. The summed E-state index contributed by atoms with van der Waals surface area (Å²) in [5.74, 6) is -0.784. The van der Waals surface area contributed by atoms with Gasteiger partial charge in [0, 0.05) is 0 Å². The minimum absolute atomic E-state index is 0.0533. The van der Waals surface area contributed by atoms with Gasteiger partial charge in [-0.05, 0) is 24.4 Å². The number of para-hydroxylation sites is 1. The largest absolute Gasteiger partial charge is 0.370 e. The monoisotopic (exact) mass is 249 g/mol. The number of nitrogens with zero attached hydrogens (tertiary/aromatic N) is 1. The highest BCUT2D eigenvalue weighted by Crippen LogP contribution is 2.19. The minimum Gasteiger partial charge on any atom is -0.370 e. The number of hydrogen-bond donors (Lipinski definition) is 2. The Labute approximate surface area is 104 Å². The van der Waals surface area contributed by atoms with Crippen LogP contribution < -0.4 is 16.0 Å². The lowest BCUT2D eigenvalue weighted by Crippen LogP contribution is -2.34. The Kier molecular flexibility index (Phi) is 3.06. The smallest absolute Gasteiger partial charge is 0.256 e. The molecule has 0 aliphatic carbocycles. The van der Waals surface area contributed by atoms with E-state index in [0.717, 1.165) is 0 Å². The molecule has 1 saturated heterocycles. The lowest BCUT2D eigenvalue weighted by molar-refractivity contribution is -0.123. The Bertz CT molecular complexity index is 475. The average Bonchev–Trinajstić information content (AvgIpc) is 2.54. The van der Waals surface area contributed by atoms with Crippen LogP contribution in [-0.2, 0) is 9.59 Å². The van der Waals surface area contributed by atoms with Crippen molar-refractivity contribution in [2.24, 2.45) is 5.73 Å². The zero-order valence-corrected chi connectivity index (χ0v) is 9.74. The highest BCUT2D eigenvalue weighted by molar-refractivity contribution is 7.80. The fourth-order valence-corrected chi connectivity index (χ4v) is 2.03. The van der Waals surface area contributed by atoms with Crippen LogP contribution in [0.1, 0.15) is 6.42 Å². The van der Waals surface area contributed by atoms with Crippen LogP contribution in [0.5, 0.6) is 0 Å². The van der Waals surface area contributed by atoms with Gasteiger partial charge in [-0.3, -0.25) is 14.5 Å². The van der Waals surface area contributed by atoms with Crippen LogP contribution in [0.3, 0.4) is 0 Å². The van der Waals surface area contributed by atoms with Crippen LogP contribution in [0.2, 0.25) is 0 Å². The average molecular weight is 249 g/mol. The molecule has 1 fully saturated rings. The molecule has 1 aliphatic rings. The summed E-state index contributed by atoms with van der Waals surface area (Å²) in [6.07, 6.45) is -0.0533. The first kappa shape index (κ1) is 11.5. The highest BCUT2D eigenvalue weighted by Gasteiger charge is 2.36. The third kappa shape index (κ3) is 2.26. The van der Waals surface area contributed by atoms with Crippen molar-refractivity contribution in [2.75, 3.05) is 4.90 Å². The maximum atomic E-state index is 12.0. The maximum absolute atomic E-state index is 12.0. The lowest BCUT2D eigenvalue weighted by Gasteiger charge is -2.14. The van der Waals surface area contributed by atoms with E-state index in [0.29, 0.717) is 10.8 Å². The van der Waals surface area contributed by atoms with Crippen LogP contribution in [0.25, 0.3) is 0 Å². The molecule has 0 unspecified atom stereocenters. The fraction of sp³-hybridized carbons (Fsp3) is 0.182. The number of rotatable bonds is 3. The van der Waals surface area contributed by atoms with E-state index >= 15 is 0 Å². The molecule has 1 atom stereocenters. The predicted octanol–water partition coefficient (Wildman–Crippen LogP) is 0.152. The van der Waals surface area contributed by atoms with Gasteiger partial charge in [0.1, 0.15) is 6.04 Å². The fourth-order valence-electron chi connectivity index (χ4n) is 1.69. The summed E-state index contributed by atoms with van der Waals surface area (Å²) >= 11 is 5.07. The van der Waals surface area contributed by atoms with Gasteiger partial charge in [0.15, 0.2) is 5.11 Å². The van der Waals surface area contributed by atoms with E-state index in [2.05, 4.69) is 5.32 Å². The van der Waals surface area contributed by atoms with Crippen molar-refractivity contribution in [2.45, 2.75) is 12.5 Å². The Morgan fingerprint density at radius 1 is 1.41 bits per heavy atom. The number of thiocarbonyl (C=S) groups is 1. The van der Waals surface area contributed by atoms with Crippen molar-refractivity contribution in [3.05, 3.63) is 30.3 Å². The zero-order valence-electron chi connectivity index (χ0n) is 8.92. The zero-order chi connectivity index (χ0) is 12.4. The van der Waals surface area contributed by atoms with Gasteiger partial charge in [0.2, 0.25) is 5.91 Å². The first-order valence-electron chi connectivity index (χ1n) is 5.07. The molecule has 0 aromatic heterocycles. The standard InChI is InChI=1S/C11H11N3O2S/c12-9(15)6-8-10(16)14(11(17)13-8)7-4-2-1-3-5-7/h1-5,8H,6H2,(H2,12,15)(H,13,17)/t8-/m1/s1. The number of nitrogens with one attached hydrogen (secondary N) is 1. The summed E-state index contributed by atoms with van der Waals surface area (Å²) in [6.45, 7) is 0. The third-order valence-corrected chi connectivity index (χ3v) is 2.74.